The Hall–Kier alpha value is -5.48. The van der Waals surface area contributed by atoms with E-state index in [1.54, 1.807) is 78.9 Å². The van der Waals surface area contributed by atoms with Crippen LogP contribution in [-0.4, -0.2) is 28.3 Å². The van der Waals surface area contributed by atoms with Crippen LogP contribution in [0, 0.1) is 11.3 Å². The number of imidazole rings is 1. The predicted molar refractivity (Wildman–Crippen MR) is 146 cm³/mol. The fraction of sp³-hybridized carbons (Fsp3) is 0.0323. The summed E-state index contributed by atoms with van der Waals surface area (Å²) in [6.45, 7) is -0.231. The van der Waals surface area contributed by atoms with Crippen LogP contribution in [0.1, 0.15) is 27.3 Å². The highest BCUT2D eigenvalue weighted by Gasteiger charge is 2.15. The first-order valence-electron chi connectivity index (χ1n) is 11.9. The van der Waals surface area contributed by atoms with E-state index in [2.05, 4.69) is 21.4 Å². The molecule has 0 aliphatic rings. The highest BCUT2D eigenvalue weighted by molar-refractivity contribution is 6.13. The summed E-state index contributed by atoms with van der Waals surface area (Å²) in [6, 6.07) is 32.6. The van der Waals surface area contributed by atoms with Crippen molar-refractivity contribution < 1.29 is 14.3 Å². The molecular formula is C31H22N4O3. The molecule has 7 heteroatoms. The summed E-state index contributed by atoms with van der Waals surface area (Å²) in [7, 11) is 0. The predicted octanol–water partition coefficient (Wildman–Crippen LogP) is 5.88. The second kappa shape index (κ2) is 11.1. The molecule has 0 saturated heterocycles. The minimum Gasteiger partial charge on any atom is -0.484 e. The minimum absolute atomic E-state index is 0.176. The van der Waals surface area contributed by atoms with E-state index >= 15 is 0 Å². The average molecular weight is 499 g/mol. The highest BCUT2D eigenvalue weighted by atomic mass is 16.5. The number of rotatable bonds is 8. The van der Waals surface area contributed by atoms with E-state index in [4.69, 9.17) is 4.74 Å². The Morgan fingerprint density at radius 3 is 2.37 bits per heavy atom. The number of ether oxygens (including phenoxy) is 1. The molecule has 0 unspecified atom stereocenters. The zero-order valence-electron chi connectivity index (χ0n) is 20.2. The molecule has 0 fully saturated rings. The number of H-pyrrole nitrogens is 1. The van der Waals surface area contributed by atoms with Crippen molar-refractivity contribution in [3.05, 3.63) is 126 Å². The van der Waals surface area contributed by atoms with Crippen molar-refractivity contribution in [2.24, 2.45) is 0 Å². The number of para-hydroxylation sites is 3. The summed E-state index contributed by atoms with van der Waals surface area (Å²) in [5.41, 5.74) is 4.20. The van der Waals surface area contributed by atoms with Gasteiger partial charge in [0.2, 0.25) is 0 Å². The summed E-state index contributed by atoms with van der Waals surface area (Å²) in [6.07, 6.45) is 1.73. The van der Waals surface area contributed by atoms with Gasteiger partial charge >= 0.3 is 0 Å². The number of nitrogens with zero attached hydrogens (tertiary/aromatic N) is 2. The first-order valence-corrected chi connectivity index (χ1v) is 11.9. The molecule has 5 aromatic rings. The third kappa shape index (κ3) is 5.50. The molecule has 0 aliphatic heterocycles. The van der Waals surface area contributed by atoms with Crippen LogP contribution in [0.4, 0.5) is 5.69 Å². The smallest absolute Gasteiger partial charge is 0.262 e. The van der Waals surface area contributed by atoms with Gasteiger partial charge in [0.05, 0.1) is 22.3 Å². The lowest BCUT2D eigenvalue weighted by molar-refractivity contribution is -0.118. The maximum atomic E-state index is 12.9. The van der Waals surface area contributed by atoms with Crippen molar-refractivity contribution in [1.82, 2.24) is 9.97 Å². The van der Waals surface area contributed by atoms with E-state index in [0.717, 1.165) is 16.6 Å². The quantitative estimate of drug-likeness (QED) is 0.205. The fourth-order valence-electron chi connectivity index (χ4n) is 3.93. The van der Waals surface area contributed by atoms with Crippen molar-refractivity contribution in [3.8, 4) is 11.8 Å². The number of hydrogen-bond donors (Lipinski definition) is 2. The number of benzene rings is 4. The van der Waals surface area contributed by atoms with Crippen LogP contribution in [0.2, 0.25) is 0 Å². The molecule has 0 bridgehead atoms. The van der Waals surface area contributed by atoms with Gasteiger partial charge in [-0.05, 0) is 48.0 Å². The molecule has 0 atom stereocenters. The van der Waals surface area contributed by atoms with Gasteiger partial charge in [-0.1, -0.05) is 66.7 Å². The molecule has 1 heterocycles. The molecule has 0 saturated carbocycles. The number of carbonyl (C=O) groups is 2. The topological polar surface area (TPSA) is 108 Å². The van der Waals surface area contributed by atoms with Crippen LogP contribution >= 0.6 is 0 Å². The van der Waals surface area contributed by atoms with Gasteiger partial charge in [-0.2, -0.15) is 5.26 Å². The number of nitrogens with one attached hydrogen (secondary N) is 2. The van der Waals surface area contributed by atoms with E-state index in [1.807, 2.05) is 30.3 Å². The second-order valence-corrected chi connectivity index (χ2v) is 8.42. The summed E-state index contributed by atoms with van der Waals surface area (Å²) in [5, 5.41) is 12.4. The van der Waals surface area contributed by atoms with Gasteiger partial charge in [0.15, 0.2) is 12.4 Å². The number of aromatic nitrogens is 2. The first-order chi connectivity index (χ1) is 18.6. The number of allylic oxidation sites excluding steroid dienone is 1. The van der Waals surface area contributed by atoms with Gasteiger partial charge in [0, 0.05) is 11.1 Å². The molecule has 2 N–H and O–H groups in total. The van der Waals surface area contributed by atoms with Gasteiger partial charge in [-0.15, -0.1) is 0 Å². The van der Waals surface area contributed by atoms with Crippen LogP contribution < -0.4 is 10.1 Å². The Morgan fingerprint density at radius 2 is 1.61 bits per heavy atom. The first kappa shape index (κ1) is 24.2. The average Bonchev–Trinajstić information content (AvgIpc) is 3.40. The van der Waals surface area contributed by atoms with Gasteiger partial charge in [-0.25, -0.2) is 4.98 Å². The van der Waals surface area contributed by atoms with Crippen LogP contribution in [-0.2, 0) is 4.79 Å². The van der Waals surface area contributed by atoms with Crippen LogP contribution in [0.25, 0.3) is 22.7 Å². The SMILES string of the molecule is N#C/C(=C\c1ccc(OCC(=O)Nc2ccccc2C(=O)c2ccccc2)cc1)c1nc2ccccc2[nH]1. The number of hydrogen-bond acceptors (Lipinski definition) is 5. The third-order valence-corrected chi connectivity index (χ3v) is 5.81. The molecular weight excluding hydrogens is 476 g/mol. The lowest BCUT2D eigenvalue weighted by atomic mass is 10.0. The fourth-order valence-corrected chi connectivity index (χ4v) is 3.93. The molecule has 7 nitrogen and oxygen atoms in total. The Bertz CT molecular complexity index is 1650. The number of aromatic amines is 1. The van der Waals surface area contributed by atoms with Crippen molar-refractivity contribution in [2.45, 2.75) is 0 Å². The number of anilines is 1. The second-order valence-electron chi connectivity index (χ2n) is 8.42. The Balaban J connectivity index is 1.22. The zero-order valence-corrected chi connectivity index (χ0v) is 20.2. The van der Waals surface area contributed by atoms with Crippen molar-refractivity contribution in [2.75, 3.05) is 11.9 Å². The largest absolute Gasteiger partial charge is 0.484 e. The van der Waals surface area contributed by atoms with E-state index in [-0.39, 0.29) is 18.3 Å². The summed E-state index contributed by atoms with van der Waals surface area (Å²) < 4.78 is 5.63. The number of nitriles is 1. The Labute approximate surface area is 219 Å². The Morgan fingerprint density at radius 1 is 0.895 bits per heavy atom. The molecule has 184 valence electrons. The molecule has 38 heavy (non-hydrogen) atoms. The summed E-state index contributed by atoms with van der Waals surface area (Å²) in [4.78, 5) is 33.1. The van der Waals surface area contributed by atoms with Gasteiger partial charge in [-0.3, -0.25) is 9.59 Å². The normalized spacial score (nSPS) is 11.1. The van der Waals surface area contributed by atoms with Gasteiger partial charge < -0.3 is 15.0 Å². The molecule has 1 amide bonds. The molecule has 5 rings (SSSR count). The number of carbonyl (C=O) groups excluding carboxylic acids is 2. The maximum absolute atomic E-state index is 12.9. The van der Waals surface area contributed by atoms with Crippen LogP contribution in [0.3, 0.4) is 0 Å². The standard InChI is InChI=1S/C31H22N4O3/c32-19-23(31-34-27-12-6-7-13-28(27)35-31)18-21-14-16-24(17-15-21)38-20-29(36)33-26-11-5-4-10-25(26)30(37)22-8-2-1-3-9-22/h1-18H,20H2,(H,33,36)(H,34,35)/b23-18+. The molecule has 4 aromatic carbocycles. The highest BCUT2D eigenvalue weighted by Crippen LogP contribution is 2.22. The van der Waals surface area contributed by atoms with E-state index in [1.165, 1.54) is 0 Å². The molecule has 0 radical (unpaired) electrons. The number of ketones is 1. The zero-order chi connectivity index (χ0) is 26.3. The molecule has 0 spiro atoms. The summed E-state index contributed by atoms with van der Waals surface area (Å²) in [5.74, 6) is 0.425. The van der Waals surface area contributed by atoms with Crippen molar-refractivity contribution >= 4 is 40.1 Å². The third-order valence-electron chi connectivity index (χ3n) is 5.81. The lowest BCUT2D eigenvalue weighted by Crippen LogP contribution is -2.21. The van der Waals surface area contributed by atoms with Crippen molar-refractivity contribution in [3.63, 3.8) is 0 Å². The van der Waals surface area contributed by atoms with Crippen LogP contribution in [0.15, 0.2) is 103 Å². The number of amides is 1. The van der Waals surface area contributed by atoms with E-state index in [9.17, 15) is 14.9 Å². The Kier molecular flexibility index (Phi) is 7.05. The molecule has 1 aromatic heterocycles. The van der Waals surface area contributed by atoms with E-state index < -0.39 is 0 Å². The van der Waals surface area contributed by atoms with E-state index in [0.29, 0.717) is 34.0 Å². The maximum Gasteiger partial charge on any atom is 0.262 e. The van der Waals surface area contributed by atoms with Gasteiger partial charge in [0.25, 0.3) is 5.91 Å². The number of fused-ring (bicyclic) bond motifs is 1. The lowest BCUT2D eigenvalue weighted by Gasteiger charge is -2.11. The summed E-state index contributed by atoms with van der Waals surface area (Å²) >= 11 is 0. The van der Waals surface area contributed by atoms with Crippen molar-refractivity contribution in [1.29, 1.82) is 5.26 Å². The minimum atomic E-state index is -0.390. The molecule has 0 aliphatic carbocycles. The monoisotopic (exact) mass is 498 g/mol. The van der Waals surface area contributed by atoms with Gasteiger partial charge in [0.1, 0.15) is 17.6 Å². The van der Waals surface area contributed by atoms with Crippen LogP contribution in [0.5, 0.6) is 5.75 Å².